The van der Waals surface area contributed by atoms with E-state index < -0.39 is 10.0 Å². The largest absolute Gasteiger partial charge is 0.348 e. The highest BCUT2D eigenvalue weighted by Crippen LogP contribution is 2.13. The van der Waals surface area contributed by atoms with Crippen molar-refractivity contribution in [2.75, 3.05) is 0 Å². The van der Waals surface area contributed by atoms with Gasteiger partial charge in [-0.15, -0.1) is 11.3 Å². The van der Waals surface area contributed by atoms with Crippen molar-refractivity contribution >= 4 is 33.3 Å². The Hall–Kier alpha value is -1.96. The van der Waals surface area contributed by atoms with E-state index in [1.54, 1.807) is 43.4 Å². The van der Waals surface area contributed by atoms with E-state index in [1.807, 2.05) is 29.6 Å². The van der Waals surface area contributed by atoms with E-state index >= 15 is 0 Å². The predicted octanol–water partition coefficient (Wildman–Crippen LogP) is 2.91. The standard InChI is InChI=1S/C18H22N2O3S2/c1-14(2)20-25(22,23)13-16-7-4-3-6-15(16)12-19-18(21)10-9-17-8-5-11-24-17/h3-11,14,20H,12-13H2,1-2H3,(H,19,21)/b10-9+. The summed E-state index contributed by atoms with van der Waals surface area (Å²) in [6, 6.07) is 10.9. The minimum Gasteiger partial charge on any atom is -0.348 e. The fourth-order valence-electron chi connectivity index (χ4n) is 2.26. The maximum atomic E-state index is 12.1. The Morgan fingerprint density at radius 3 is 2.52 bits per heavy atom. The van der Waals surface area contributed by atoms with Gasteiger partial charge in [-0.1, -0.05) is 30.3 Å². The van der Waals surface area contributed by atoms with Crippen LogP contribution in [-0.4, -0.2) is 20.4 Å². The van der Waals surface area contributed by atoms with Crippen LogP contribution in [0.4, 0.5) is 0 Å². The first-order valence-corrected chi connectivity index (χ1v) is 10.4. The topological polar surface area (TPSA) is 75.3 Å². The molecule has 0 spiro atoms. The van der Waals surface area contributed by atoms with E-state index in [0.717, 1.165) is 10.4 Å². The van der Waals surface area contributed by atoms with Crippen molar-refractivity contribution in [3.63, 3.8) is 0 Å². The summed E-state index contributed by atoms with van der Waals surface area (Å²) >= 11 is 1.55. The van der Waals surface area contributed by atoms with Crippen LogP contribution in [0, 0.1) is 0 Å². The second-order valence-corrected chi connectivity index (χ2v) is 8.60. The van der Waals surface area contributed by atoms with E-state index in [1.165, 1.54) is 6.08 Å². The van der Waals surface area contributed by atoms with Crippen molar-refractivity contribution in [2.45, 2.75) is 32.2 Å². The van der Waals surface area contributed by atoms with Crippen LogP contribution in [0.3, 0.4) is 0 Å². The minimum absolute atomic E-state index is 0.109. The SMILES string of the molecule is CC(C)NS(=O)(=O)Cc1ccccc1CNC(=O)/C=C/c1cccs1. The first-order chi connectivity index (χ1) is 11.9. The molecule has 0 atom stereocenters. The Bertz CT molecular complexity index is 826. The van der Waals surface area contributed by atoms with Crippen LogP contribution in [0.5, 0.6) is 0 Å². The summed E-state index contributed by atoms with van der Waals surface area (Å²) in [5, 5.41) is 4.74. The Balaban J connectivity index is 1.99. The second-order valence-electron chi connectivity index (χ2n) is 5.87. The Labute approximate surface area is 152 Å². The van der Waals surface area contributed by atoms with Crippen LogP contribution in [0.25, 0.3) is 6.08 Å². The normalized spacial score (nSPS) is 12.0. The van der Waals surface area contributed by atoms with Crippen LogP contribution >= 0.6 is 11.3 Å². The van der Waals surface area contributed by atoms with Gasteiger partial charge in [0.15, 0.2) is 0 Å². The van der Waals surface area contributed by atoms with Gasteiger partial charge in [0.05, 0.1) is 5.75 Å². The summed E-state index contributed by atoms with van der Waals surface area (Å²) in [5.41, 5.74) is 1.47. The Morgan fingerprint density at radius 2 is 1.88 bits per heavy atom. The highest BCUT2D eigenvalue weighted by molar-refractivity contribution is 7.88. The summed E-state index contributed by atoms with van der Waals surface area (Å²) in [6.45, 7) is 3.84. The number of carbonyl (C=O) groups is 1. The van der Waals surface area contributed by atoms with Gasteiger partial charge in [0, 0.05) is 23.5 Å². The zero-order chi connectivity index (χ0) is 18.3. The molecule has 0 radical (unpaired) electrons. The Morgan fingerprint density at radius 1 is 1.16 bits per heavy atom. The number of nitrogens with one attached hydrogen (secondary N) is 2. The molecule has 0 aliphatic rings. The quantitative estimate of drug-likeness (QED) is 0.694. The van der Waals surface area contributed by atoms with Crippen molar-refractivity contribution in [1.82, 2.24) is 10.0 Å². The number of sulfonamides is 1. The highest BCUT2D eigenvalue weighted by atomic mass is 32.2. The number of carbonyl (C=O) groups excluding carboxylic acids is 1. The van der Waals surface area contributed by atoms with Crippen LogP contribution in [-0.2, 0) is 27.1 Å². The molecule has 134 valence electrons. The molecule has 2 aromatic rings. The molecule has 1 heterocycles. The van der Waals surface area contributed by atoms with Gasteiger partial charge in [-0.05, 0) is 42.5 Å². The number of amides is 1. The first-order valence-electron chi connectivity index (χ1n) is 7.92. The van der Waals surface area contributed by atoms with Crippen molar-refractivity contribution in [2.24, 2.45) is 0 Å². The number of benzene rings is 1. The zero-order valence-electron chi connectivity index (χ0n) is 14.2. The van der Waals surface area contributed by atoms with E-state index in [9.17, 15) is 13.2 Å². The molecule has 2 N–H and O–H groups in total. The van der Waals surface area contributed by atoms with E-state index in [-0.39, 0.29) is 24.2 Å². The molecule has 25 heavy (non-hydrogen) atoms. The molecule has 1 aromatic carbocycles. The molecular weight excluding hydrogens is 356 g/mol. The van der Waals surface area contributed by atoms with Gasteiger partial charge in [-0.3, -0.25) is 4.79 Å². The van der Waals surface area contributed by atoms with Crippen LogP contribution in [0.15, 0.2) is 47.9 Å². The summed E-state index contributed by atoms with van der Waals surface area (Å²) in [4.78, 5) is 12.9. The fourth-order valence-corrected chi connectivity index (χ4v) is 4.37. The van der Waals surface area contributed by atoms with Crippen molar-refractivity contribution in [3.05, 3.63) is 63.9 Å². The average molecular weight is 379 g/mol. The molecule has 1 aromatic heterocycles. The molecular formula is C18H22N2O3S2. The molecule has 0 fully saturated rings. The van der Waals surface area contributed by atoms with Gasteiger partial charge >= 0.3 is 0 Å². The lowest BCUT2D eigenvalue weighted by Gasteiger charge is -2.13. The lowest BCUT2D eigenvalue weighted by Crippen LogP contribution is -2.31. The third-order valence-corrected chi connectivity index (χ3v) is 5.63. The van der Waals surface area contributed by atoms with Crippen molar-refractivity contribution < 1.29 is 13.2 Å². The van der Waals surface area contributed by atoms with Crippen molar-refractivity contribution in [1.29, 1.82) is 0 Å². The number of hydrogen-bond acceptors (Lipinski definition) is 4. The van der Waals surface area contributed by atoms with E-state index in [4.69, 9.17) is 0 Å². The molecule has 1 amide bonds. The molecule has 0 aliphatic heterocycles. The van der Waals surface area contributed by atoms with Crippen molar-refractivity contribution in [3.8, 4) is 0 Å². The predicted molar refractivity (Wildman–Crippen MR) is 103 cm³/mol. The lowest BCUT2D eigenvalue weighted by molar-refractivity contribution is -0.116. The van der Waals surface area contributed by atoms with Crippen LogP contribution < -0.4 is 10.0 Å². The minimum atomic E-state index is -3.41. The monoisotopic (exact) mass is 378 g/mol. The van der Waals surface area contributed by atoms with Gasteiger partial charge in [0.1, 0.15) is 0 Å². The lowest BCUT2D eigenvalue weighted by atomic mass is 10.1. The van der Waals surface area contributed by atoms with Gasteiger partial charge in [0.2, 0.25) is 15.9 Å². The molecule has 0 saturated heterocycles. The highest BCUT2D eigenvalue weighted by Gasteiger charge is 2.15. The maximum absolute atomic E-state index is 12.1. The third kappa shape index (κ3) is 6.81. The van der Waals surface area contributed by atoms with Gasteiger partial charge in [-0.25, -0.2) is 13.1 Å². The molecule has 0 aliphatic carbocycles. The van der Waals surface area contributed by atoms with E-state index in [0.29, 0.717) is 5.56 Å². The van der Waals surface area contributed by atoms with Gasteiger partial charge in [0.25, 0.3) is 0 Å². The first kappa shape index (κ1) is 19.4. The Kier molecular flexibility index (Phi) is 6.92. The third-order valence-electron chi connectivity index (χ3n) is 3.27. The molecule has 0 saturated carbocycles. The summed E-state index contributed by atoms with van der Waals surface area (Å²) in [6.07, 6.45) is 3.23. The summed E-state index contributed by atoms with van der Waals surface area (Å²) in [5.74, 6) is -0.325. The van der Waals surface area contributed by atoms with Crippen LogP contribution in [0.2, 0.25) is 0 Å². The molecule has 2 rings (SSSR count). The molecule has 7 heteroatoms. The molecule has 5 nitrogen and oxygen atoms in total. The number of thiophene rings is 1. The smallest absolute Gasteiger partial charge is 0.244 e. The summed E-state index contributed by atoms with van der Waals surface area (Å²) in [7, 11) is -3.41. The van der Waals surface area contributed by atoms with Gasteiger partial charge < -0.3 is 5.32 Å². The van der Waals surface area contributed by atoms with E-state index in [2.05, 4.69) is 10.0 Å². The van der Waals surface area contributed by atoms with Crippen LogP contribution in [0.1, 0.15) is 29.9 Å². The summed E-state index contributed by atoms with van der Waals surface area (Å²) < 4.78 is 26.8. The second kappa shape index (κ2) is 8.94. The fraction of sp³-hybridized carbons (Fsp3) is 0.278. The molecule has 0 bridgehead atoms. The van der Waals surface area contributed by atoms with Gasteiger partial charge in [-0.2, -0.15) is 0 Å². The zero-order valence-corrected chi connectivity index (χ0v) is 15.9. The number of hydrogen-bond donors (Lipinski definition) is 2. The maximum Gasteiger partial charge on any atom is 0.244 e. The molecule has 0 unspecified atom stereocenters. The number of rotatable bonds is 8. The average Bonchev–Trinajstić information content (AvgIpc) is 3.04.